The van der Waals surface area contributed by atoms with Crippen molar-refractivity contribution in [3.8, 4) is 0 Å². The highest BCUT2D eigenvalue weighted by molar-refractivity contribution is 6.31. The third-order valence-electron chi connectivity index (χ3n) is 5.75. The molecule has 0 radical (unpaired) electrons. The number of hydrogen-bond donors (Lipinski definition) is 1. The van der Waals surface area contributed by atoms with Crippen molar-refractivity contribution in [2.45, 2.75) is 45.3 Å². The highest BCUT2D eigenvalue weighted by Crippen LogP contribution is 2.20. The average Bonchev–Trinajstić information content (AvgIpc) is 3.09. The van der Waals surface area contributed by atoms with Crippen molar-refractivity contribution in [1.29, 1.82) is 0 Å². The fourth-order valence-electron chi connectivity index (χ4n) is 4.02. The van der Waals surface area contributed by atoms with Gasteiger partial charge in [0.15, 0.2) is 5.82 Å². The fourth-order valence-corrected chi connectivity index (χ4v) is 4.21. The first-order chi connectivity index (χ1) is 15.1. The molecule has 0 aliphatic carbocycles. The summed E-state index contributed by atoms with van der Waals surface area (Å²) in [5.41, 5.74) is 2.31. The Hall–Kier alpha value is -2.70. The Balaban J connectivity index is 1.34. The summed E-state index contributed by atoms with van der Waals surface area (Å²) < 4.78 is 2.16. The zero-order chi connectivity index (χ0) is 21.6. The maximum absolute atomic E-state index is 12.5. The minimum Gasteiger partial charge on any atom is -0.346 e. The topological polar surface area (TPSA) is 63.1 Å². The van der Waals surface area contributed by atoms with Crippen LogP contribution in [-0.2, 0) is 30.7 Å². The monoisotopic (exact) mass is 437 g/mol. The Kier molecular flexibility index (Phi) is 6.99. The lowest BCUT2D eigenvalue weighted by molar-refractivity contribution is -0.121. The highest BCUT2D eigenvalue weighted by atomic mass is 35.5. The molecule has 1 atom stereocenters. The predicted molar refractivity (Wildman–Crippen MR) is 122 cm³/mol. The number of hydrogen-bond acceptors (Lipinski definition) is 4. The summed E-state index contributed by atoms with van der Waals surface area (Å²) in [5, 5.41) is 12.7. The van der Waals surface area contributed by atoms with Crippen LogP contribution >= 0.6 is 11.6 Å². The Bertz CT molecular complexity index is 1020. The summed E-state index contributed by atoms with van der Waals surface area (Å²) in [5.74, 6) is 1.83. The third-order valence-corrected chi connectivity index (χ3v) is 6.12. The van der Waals surface area contributed by atoms with Crippen molar-refractivity contribution in [2.24, 2.45) is 0 Å². The van der Waals surface area contributed by atoms with Crippen LogP contribution in [0, 0.1) is 0 Å². The molecular formula is C24H28ClN5O. The van der Waals surface area contributed by atoms with Crippen LogP contribution in [0.25, 0.3) is 0 Å². The first kappa shape index (κ1) is 21.5. The van der Waals surface area contributed by atoms with Crippen LogP contribution in [0.4, 0.5) is 0 Å². The molecule has 1 aromatic heterocycles. The summed E-state index contributed by atoms with van der Waals surface area (Å²) in [7, 11) is 0. The summed E-state index contributed by atoms with van der Waals surface area (Å²) >= 11 is 6.34. The van der Waals surface area contributed by atoms with E-state index in [4.69, 9.17) is 11.6 Å². The molecule has 1 N–H and O–H groups in total. The van der Waals surface area contributed by atoms with Crippen molar-refractivity contribution in [3.05, 3.63) is 82.4 Å². The van der Waals surface area contributed by atoms with Gasteiger partial charge in [-0.1, -0.05) is 60.1 Å². The van der Waals surface area contributed by atoms with Gasteiger partial charge in [-0.15, -0.1) is 10.2 Å². The highest BCUT2D eigenvalue weighted by Gasteiger charge is 2.23. The Morgan fingerprint density at radius 3 is 2.65 bits per heavy atom. The van der Waals surface area contributed by atoms with Gasteiger partial charge in [-0.05, 0) is 30.5 Å². The summed E-state index contributed by atoms with van der Waals surface area (Å²) in [6, 6.07) is 17.9. The zero-order valence-corrected chi connectivity index (χ0v) is 18.6. The second-order valence-electron chi connectivity index (χ2n) is 8.02. The van der Waals surface area contributed by atoms with Crippen LogP contribution < -0.4 is 5.32 Å². The zero-order valence-electron chi connectivity index (χ0n) is 17.8. The van der Waals surface area contributed by atoms with Crippen molar-refractivity contribution in [2.75, 3.05) is 13.1 Å². The molecule has 2 aromatic carbocycles. The maximum Gasteiger partial charge on any atom is 0.220 e. The average molecular weight is 438 g/mol. The number of nitrogens with one attached hydrogen (secondary N) is 1. The van der Waals surface area contributed by atoms with E-state index in [1.165, 1.54) is 5.56 Å². The van der Waals surface area contributed by atoms with E-state index in [1.54, 1.807) is 0 Å². The smallest absolute Gasteiger partial charge is 0.220 e. The Morgan fingerprint density at radius 1 is 1.06 bits per heavy atom. The molecule has 0 saturated carbocycles. The molecule has 0 bridgehead atoms. The van der Waals surface area contributed by atoms with Crippen LogP contribution in [0.3, 0.4) is 0 Å². The molecule has 0 saturated heterocycles. The number of carbonyl (C=O) groups excluding carboxylic acids is 1. The van der Waals surface area contributed by atoms with Gasteiger partial charge in [0.2, 0.25) is 5.91 Å². The van der Waals surface area contributed by atoms with Crippen LogP contribution in [0.5, 0.6) is 0 Å². The molecule has 4 rings (SSSR count). The van der Waals surface area contributed by atoms with Crippen molar-refractivity contribution in [3.63, 3.8) is 0 Å². The molecule has 6 nitrogen and oxygen atoms in total. The molecular weight excluding hydrogens is 410 g/mol. The Labute approximate surface area is 188 Å². The van der Waals surface area contributed by atoms with E-state index < -0.39 is 0 Å². The van der Waals surface area contributed by atoms with Gasteiger partial charge in [0.25, 0.3) is 0 Å². The van der Waals surface area contributed by atoms with Gasteiger partial charge in [-0.3, -0.25) is 9.69 Å². The first-order valence-corrected chi connectivity index (χ1v) is 11.2. The third kappa shape index (κ3) is 5.51. The molecule has 162 valence electrons. The van der Waals surface area contributed by atoms with E-state index in [-0.39, 0.29) is 11.9 Å². The van der Waals surface area contributed by atoms with Crippen LogP contribution in [0.1, 0.15) is 42.2 Å². The molecule has 1 aliphatic heterocycles. The molecule has 2 heterocycles. The molecule has 7 heteroatoms. The van der Waals surface area contributed by atoms with Crippen molar-refractivity contribution >= 4 is 17.5 Å². The fraction of sp³-hybridized carbons (Fsp3) is 0.375. The number of rotatable bonds is 7. The van der Waals surface area contributed by atoms with Crippen molar-refractivity contribution in [1.82, 2.24) is 25.0 Å². The minimum absolute atomic E-state index is 0.0303. The maximum atomic E-state index is 12.5. The quantitative estimate of drug-likeness (QED) is 0.610. The van der Waals surface area contributed by atoms with Crippen LogP contribution in [0.15, 0.2) is 54.6 Å². The molecule has 1 aliphatic rings. The number of nitrogens with zero attached hydrogens (tertiary/aromatic N) is 4. The second-order valence-corrected chi connectivity index (χ2v) is 8.43. The number of amides is 1. The molecule has 1 amide bonds. The summed E-state index contributed by atoms with van der Waals surface area (Å²) in [6.07, 6.45) is 2.02. The van der Waals surface area contributed by atoms with Gasteiger partial charge in [0.05, 0.1) is 6.04 Å². The number of fused-ring (bicyclic) bond motifs is 1. The molecule has 0 unspecified atom stereocenters. The second kappa shape index (κ2) is 10.1. The lowest BCUT2D eigenvalue weighted by Gasteiger charge is -2.20. The van der Waals surface area contributed by atoms with E-state index in [2.05, 4.69) is 31.0 Å². The van der Waals surface area contributed by atoms with Gasteiger partial charge in [0.1, 0.15) is 5.82 Å². The van der Waals surface area contributed by atoms with Gasteiger partial charge in [-0.2, -0.15) is 0 Å². The van der Waals surface area contributed by atoms with Crippen molar-refractivity contribution < 1.29 is 4.79 Å². The summed E-state index contributed by atoms with van der Waals surface area (Å²) in [4.78, 5) is 14.8. The first-order valence-electron chi connectivity index (χ1n) is 10.8. The predicted octanol–water partition coefficient (Wildman–Crippen LogP) is 3.80. The van der Waals surface area contributed by atoms with E-state index in [9.17, 15) is 4.79 Å². The molecule has 31 heavy (non-hydrogen) atoms. The number of aryl methyl sites for hydroxylation is 1. The van der Waals surface area contributed by atoms with E-state index in [0.29, 0.717) is 6.42 Å². The van der Waals surface area contributed by atoms with Gasteiger partial charge < -0.3 is 9.88 Å². The number of carbonyl (C=O) groups is 1. The number of halogens is 1. The number of benzene rings is 2. The van der Waals surface area contributed by atoms with E-state index in [0.717, 1.165) is 61.3 Å². The standard InChI is InChI=1S/C24H28ClN5O/c1-18(26-23(31)12-11-19-7-3-2-4-8-19)24-28-27-22-13-14-29(15-16-30(22)24)17-20-9-5-6-10-21(20)25/h2-10,18H,11-17H2,1H3,(H,26,31)/t18-/m1/s1. The molecule has 0 fully saturated rings. The van der Waals surface area contributed by atoms with Gasteiger partial charge in [0, 0.05) is 44.0 Å². The lowest BCUT2D eigenvalue weighted by Crippen LogP contribution is -2.30. The summed E-state index contributed by atoms with van der Waals surface area (Å²) in [6.45, 7) is 5.38. The van der Waals surface area contributed by atoms with Crippen LogP contribution in [0.2, 0.25) is 5.02 Å². The van der Waals surface area contributed by atoms with Crippen LogP contribution in [-0.4, -0.2) is 38.7 Å². The minimum atomic E-state index is -0.181. The largest absolute Gasteiger partial charge is 0.346 e. The molecule has 3 aromatic rings. The normalized spacial score (nSPS) is 15.2. The SMILES string of the molecule is C[C@@H](NC(=O)CCc1ccccc1)c1nnc2n1CCN(Cc1ccccc1Cl)CC2. The van der Waals surface area contributed by atoms with E-state index >= 15 is 0 Å². The number of aromatic nitrogens is 3. The molecule has 0 spiro atoms. The van der Waals surface area contributed by atoms with Gasteiger partial charge >= 0.3 is 0 Å². The lowest BCUT2D eigenvalue weighted by atomic mass is 10.1. The Morgan fingerprint density at radius 2 is 1.84 bits per heavy atom. The van der Waals surface area contributed by atoms with Gasteiger partial charge in [-0.25, -0.2) is 0 Å². The van der Waals surface area contributed by atoms with E-state index in [1.807, 2.05) is 55.5 Å².